The first-order valence-electron chi connectivity index (χ1n) is 7.09. The van der Waals surface area contributed by atoms with Gasteiger partial charge < -0.3 is 0 Å². The van der Waals surface area contributed by atoms with E-state index in [0.29, 0.717) is 6.04 Å². The van der Waals surface area contributed by atoms with Gasteiger partial charge in [-0.3, -0.25) is 4.90 Å². The Kier molecular flexibility index (Phi) is 3.45. The molecule has 0 saturated carbocycles. The van der Waals surface area contributed by atoms with Crippen LogP contribution in [0.1, 0.15) is 26.9 Å². The molecule has 2 aromatic heterocycles. The molecule has 0 bridgehead atoms. The van der Waals surface area contributed by atoms with Gasteiger partial charge in [0.05, 0.1) is 6.04 Å². The van der Waals surface area contributed by atoms with E-state index >= 15 is 0 Å². The number of benzene rings is 1. The van der Waals surface area contributed by atoms with Crippen molar-refractivity contribution in [1.29, 1.82) is 0 Å². The molecule has 4 rings (SSSR count). The second-order valence-electron chi connectivity index (χ2n) is 5.74. The van der Waals surface area contributed by atoms with Crippen molar-refractivity contribution < 1.29 is 0 Å². The Bertz CT molecular complexity index is 817. The Labute approximate surface area is 141 Å². The zero-order chi connectivity index (χ0) is 14.6. The molecule has 21 heavy (non-hydrogen) atoms. The Balaban J connectivity index is 1.93. The van der Waals surface area contributed by atoms with Crippen molar-refractivity contribution in [3.63, 3.8) is 0 Å². The third-order valence-electron chi connectivity index (χ3n) is 4.24. The molecule has 3 heterocycles. The molecule has 0 aliphatic carbocycles. The molecule has 4 heteroatoms. The maximum atomic E-state index is 3.60. The smallest absolute Gasteiger partial charge is 0.0791 e. The summed E-state index contributed by atoms with van der Waals surface area (Å²) in [5.41, 5.74) is 2.93. The topological polar surface area (TPSA) is 3.24 Å². The fourth-order valence-electron chi connectivity index (χ4n) is 3.20. The van der Waals surface area contributed by atoms with Crippen LogP contribution in [-0.4, -0.2) is 18.5 Å². The molecule has 0 amide bonds. The Morgan fingerprint density at radius 2 is 2.14 bits per heavy atom. The number of nitrogens with zero attached hydrogens (tertiary/aromatic N) is 1. The average Bonchev–Trinajstić information content (AvgIpc) is 3.02. The van der Waals surface area contributed by atoms with E-state index < -0.39 is 0 Å². The summed E-state index contributed by atoms with van der Waals surface area (Å²) in [4.78, 5) is 5.47. The van der Waals surface area contributed by atoms with Gasteiger partial charge in [0.2, 0.25) is 0 Å². The molecule has 108 valence electrons. The van der Waals surface area contributed by atoms with Crippen LogP contribution in [0.2, 0.25) is 0 Å². The molecular weight excluding hydrogens is 362 g/mol. The molecule has 0 radical (unpaired) electrons. The molecule has 0 spiro atoms. The zero-order valence-corrected chi connectivity index (χ0v) is 15.2. The Hall–Kier alpha value is -0.680. The second-order valence-corrected chi connectivity index (χ2v) is 8.69. The lowest BCUT2D eigenvalue weighted by molar-refractivity contribution is 0.273. The minimum Gasteiger partial charge on any atom is -0.294 e. The lowest BCUT2D eigenvalue weighted by atomic mass is 9.97. The average molecular weight is 378 g/mol. The van der Waals surface area contributed by atoms with Gasteiger partial charge in [-0.1, -0.05) is 17.7 Å². The number of halogens is 1. The van der Waals surface area contributed by atoms with E-state index in [-0.39, 0.29) is 0 Å². The van der Waals surface area contributed by atoms with Gasteiger partial charge in [-0.25, -0.2) is 0 Å². The normalized spacial score (nSPS) is 19.1. The summed E-state index contributed by atoms with van der Waals surface area (Å²) in [6, 6.07) is 9.57. The summed E-state index contributed by atoms with van der Waals surface area (Å²) in [6.45, 7) is 3.32. The maximum Gasteiger partial charge on any atom is 0.0791 e. The summed E-state index contributed by atoms with van der Waals surface area (Å²) in [5.74, 6) is 0. The lowest BCUT2D eigenvalue weighted by Gasteiger charge is -2.32. The first-order valence-corrected chi connectivity index (χ1v) is 9.58. The third-order valence-corrected chi connectivity index (χ3v) is 7.25. The molecule has 1 atom stereocenters. The van der Waals surface area contributed by atoms with Crippen LogP contribution < -0.4 is 0 Å². The first kappa shape index (κ1) is 13.9. The van der Waals surface area contributed by atoms with Crippen LogP contribution in [0.15, 0.2) is 34.1 Å². The number of thiophene rings is 2. The van der Waals surface area contributed by atoms with E-state index in [0.717, 1.165) is 6.54 Å². The van der Waals surface area contributed by atoms with Crippen LogP contribution in [0.25, 0.3) is 10.1 Å². The second kappa shape index (κ2) is 5.20. The highest BCUT2D eigenvalue weighted by molar-refractivity contribution is 9.10. The molecule has 0 saturated heterocycles. The van der Waals surface area contributed by atoms with Crippen molar-refractivity contribution in [3.8, 4) is 0 Å². The minimum absolute atomic E-state index is 0.419. The molecule has 1 aromatic carbocycles. The standard InChI is InChI=1S/C17H16BrNS2/c1-10-3-4-14-13(7-10)12-5-6-19(2)16(17(12)21-14)15-8-11(18)9-20-15/h3-4,7-9,16H,5-6H2,1-2H3. The molecule has 1 unspecified atom stereocenters. The Morgan fingerprint density at radius 1 is 1.29 bits per heavy atom. The van der Waals surface area contributed by atoms with Crippen molar-refractivity contribution in [2.45, 2.75) is 19.4 Å². The van der Waals surface area contributed by atoms with Crippen molar-refractivity contribution >= 4 is 48.7 Å². The number of hydrogen-bond donors (Lipinski definition) is 0. The van der Waals surface area contributed by atoms with E-state index in [4.69, 9.17) is 0 Å². The van der Waals surface area contributed by atoms with Crippen molar-refractivity contribution in [2.75, 3.05) is 13.6 Å². The highest BCUT2D eigenvalue weighted by atomic mass is 79.9. The van der Waals surface area contributed by atoms with Crippen molar-refractivity contribution in [3.05, 3.63) is 55.0 Å². The quantitative estimate of drug-likeness (QED) is 0.532. The lowest BCUT2D eigenvalue weighted by Crippen LogP contribution is -2.31. The molecular formula is C17H16BrNS2. The van der Waals surface area contributed by atoms with Gasteiger partial charge in [0.15, 0.2) is 0 Å². The van der Waals surface area contributed by atoms with Crippen molar-refractivity contribution in [2.24, 2.45) is 0 Å². The van der Waals surface area contributed by atoms with E-state index in [9.17, 15) is 0 Å². The highest BCUT2D eigenvalue weighted by Gasteiger charge is 2.30. The minimum atomic E-state index is 0.419. The molecule has 1 nitrogen and oxygen atoms in total. The van der Waals surface area contributed by atoms with E-state index in [2.05, 4.69) is 64.4 Å². The molecule has 3 aromatic rings. The van der Waals surface area contributed by atoms with Gasteiger partial charge in [0.25, 0.3) is 0 Å². The van der Waals surface area contributed by atoms with Crippen LogP contribution in [0.5, 0.6) is 0 Å². The van der Waals surface area contributed by atoms with Crippen LogP contribution >= 0.6 is 38.6 Å². The van der Waals surface area contributed by atoms with Gasteiger partial charge in [0, 0.05) is 30.9 Å². The number of likely N-dealkylation sites (N-methyl/N-ethyl adjacent to an activating group) is 1. The third kappa shape index (κ3) is 2.29. The number of hydrogen-bond acceptors (Lipinski definition) is 3. The van der Waals surface area contributed by atoms with Gasteiger partial charge in [-0.2, -0.15) is 0 Å². The SMILES string of the molecule is Cc1ccc2sc3c(c2c1)CCN(C)C3c1cc(Br)cs1. The number of fused-ring (bicyclic) bond motifs is 3. The fraction of sp³-hybridized carbons (Fsp3) is 0.294. The number of aryl methyl sites for hydroxylation is 1. The van der Waals surface area contributed by atoms with Gasteiger partial charge in [-0.15, -0.1) is 22.7 Å². The summed E-state index contributed by atoms with van der Waals surface area (Å²) in [6.07, 6.45) is 1.17. The largest absolute Gasteiger partial charge is 0.294 e. The fourth-order valence-corrected chi connectivity index (χ4v) is 6.31. The van der Waals surface area contributed by atoms with Crippen LogP contribution in [-0.2, 0) is 6.42 Å². The molecule has 1 aliphatic rings. The Morgan fingerprint density at radius 3 is 2.90 bits per heavy atom. The summed E-state index contributed by atoms with van der Waals surface area (Å²) < 4.78 is 2.63. The predicted octanol–water partition coefficient (Wildman–Crippen LogP) is 5.61. The highest BCUT2D eigenvalue weighted by Crippen LogP contribution is 2.45. The molecule has 1 aliphatic heterocycles. The van der Waals surface area contributed by atoms with E-state index in [1.807, 2.05) is 22.7 Å². The van der Waals surface area contributed by atoms with Gasteiger partial charge in [0.1, 0.15) is 0 Å². The summed E-state index contributed by atoms with van der Waals surface area (Å²) in [7, 11) is 2.25. The summed E-state index contributed by atoms with van der Waals surface area (Å²) in [5, 5.41) is 3.67. The monoisotopic (exact) mass is 377 g/mol. The maximum absolute atomic E-state index is 3.60. The first-order chi connectivity index (χ1) is 10.1. The van der Waals surface area contributed by atoms with Gasteiger partial charge >= 0.3 is 0 Å². The van der Waals surface area contributed by atoms with Crippen LogP contribution in [0, 0.1) is 6.92 Å². The van der Waals surface area contributed by atoms with Crippen LogP contribution in [0.3, 0.4) is 0 Å². The van der Waals surface area contributed by atoms with Crippen molar-refractivity contribution in [1.82, 2.24) is 4.90 Å². The summed E-state index contributed by atoms with van der Waals surface area (Å²) >= 11 is 7.43. The van der Waals surface area contributed by atoms with Crippen LogP contribution in [0.4, 0.5) is 0 Å². The zero-order valence-electron chi connectivity index (χ0n) is 12.0. The molecule has 0 fully saturated rings. The predicted molar refractivity (Wildman–Crippen MR) is 96.8 cm³/mol. The number of rotatable bonds is 1. The van der Waals surface area contributed by atoms with Gasteiger partial charge in [-0.05, 0) is 59.4 Å². The van der Waals surface area contributed by atoms with E-state index in [1.54, 1.807) is 10.4 Å². The van der Waals surface area contributed by atoms with E-state index in [1.165, 1.54) is 31.4 Å². The molecule has 0 N–H and O–H groups in total.